The maximum atomic E-state index is 13.4. The Morgan fingerprint density at radius 2 is 1.68 bits per heavy atom. The van der Waals surface area contributed by atoms with Crippen molar-refractivity contribution in [2.45, 2.75) is 53.5 Å². The minimum atomic E-state index is -0.322. The van der Waals surface area contributed by atoms with Crippen LogP contribution in [0.3, 0.4) is 0 Å². The van der Waals surface area contributed by atoms with Crippen LogP contribution in [0, 0.1) is 6.92 Å². The Bertz CT molecular complexity index is 1440. The van der Waals surface area contributed by atoms with Crippen molar-refractivity contribution in [3.05, 3.63) is 69.6 Å². The molecule has 1 fully saturated rings. The third-order valence-electron chi connectivity index (χ3n) is 7.50. The number of carbonyl (C=O) groups excluding carboxylic acids is 2. The Labute approximate surface area is 241 Å². The molecule has 0 saturated carbocycles. The van der Waals surface area contributed by atoms with Gasteiger partial charge in [0, 0.05) is 60.9 Å². The highest BCUT2D eigenvalue weighted by molar-refractivity contribution is 5.94. The first-order valence-electron chi connectivity index (χ1n) is 14.4. The number of hydrogen-bond acceptors (Lipinski definition) is 7. The standard InChI is InChI=1S/C31H40N6O4/c1-5-8-20-41-31(40)36-18-16-35(17-19-36)29(38)22-12-14-23(15-13-22)33-28-30(39)37(7-3)26(6-2)27(34-28)24-10-9-11-25(32)21(24)4/h9-15H,5-8,16-20,32H2,1-4H3,(H,33,34). The van der Waals surface area contributed by atoms with Crippen molar-refractivity contribution in [3.63, 3.8) is 0 Å². The van der Waals surface area contributed by atoms with Gasteiger partial charge >= 0.3 is 6.09 Å². The largest absolute Gasteiger partial charge is 0.449 e. The lowest BCUT2D eigenvalue weighted by Gasteiger charge is -2.34. The van der Waals surface area contributed by atoms with Gasteiger partial charge in [0.05, 0.1) is 12.3 Å². The molecule has 0 spiro atoms. The van der Waals surface area contributed by atoms with Crippen molar-refractivity contribution in [2.24, 2.45) is 0 Å². The van der Waals surface area contributed by atoms with Gasteiger partial charge in [0.1, 0.15) is 0 Å². The summed E-state index contributed by atoms with van der Waals surface area (Å²) >= 11 is 0. The number of amides is 2. The maximum Gasteiger partial charge on any atom is 0.409 e. The molecule has 10 nitrogen and oxygen atoms in total. The fourth-order valence-corrected chi connectivity index (χ4v) is 5.00. The first-order valence-corrected chi connectivity index (χ1v) is 14.4. The second-order valence-electron chi connectivity index (χ2n) is 10.1. The zero-order valence-electron chi connectivity index (χ0n) is 24.4. The SMILES string of the molecule is CCCCOC(=O)N1CCN(C(=O)c2ccc(Nc3nc(-c4cccc(N)c4C)c(CC)n(CC)c3=O)cc2)CC1. The highest BCUT2D eigenvalue weighted by Crippen LogP contribution is 2.29. The van der Waals surface area contributed by atoms with Crippen LogP contribution in [0.25, 0.3) is 11.3 Å². The molecule has 2 aromatic carbocycles. The minimum Gasteiger partial charge on any atom is -0.449 e. The lowest BCUT2D eigenvalue weighted by atomic mass is 10.0. The minimum absolute atomic E-state index is 0.103. The van der Waals surface area contributed by atoms with E-state index in [0.717, 1.165) is 35.4 Å². The van der Waals surface area contributed by atoms with Gasteiger partial charge in [-0.05, 0) is 62.6 Å². The molecule has 1 aliphatic rings. The van der Waals surface area contributed by atoms with Crippen molar-refractivity contribution in [1.29, 1.82) is 0 Å². The van der Waals surface area contributed by atoms with Crippen LogP contribution in [0.4, 0.5) is 22.0 Å². The maximum absolute atomic E-state index is 13.4. The van der Waals surface area contributed by atoms with Crippen LogP contribution >= 0.6 is 0 Å². The van der Waals surface area contributed by atoms with E-state index in [1.807, 2.05) is 45.9 Å². The molecule has 1 aliphatic heterocycles. The molecule has 0 atom stereocenters. The first-order chi connectivity index (χ1) is 19.8. The summed E-state index contributed by atoms with van der Waals surface area (Å²) in [5.41, 5.74) is 11.2. The molecule has 2 amide bonds. The molecule has 4 rings (SSSR count). The van der Waals surface area contributed by atoms with Crippen molar-refractivity contribution >= 4 is 29.2 Å². The average molecular weight is 561 g/mol. The van der Waals surface area contributed by atoms with Crippen LogP contribution in [0.5, 0.6) is 0 Å². The van der Waals surface area contributed by atoms with Crippen molar-refractivity contribution in [3.8, 4) is 11.3 Å². The average Bonchev–Trinajstić information content (AvgIpc) is 2.99. The zero-order valence-corrected chi connectivity index (χ0v) is 24.4. The van der Waals surface area contributed by atoms with Crippen molar-refractivity contribution in [2.75, 3.05) is 43.8 Å². The van der Waals surface area contributed by atoms with E-state index in [0.29, 0.717) is 62.7 Å². The number of nitrogens with zero attached hydrogens (tertiary/aromatic N) is 4. The summed E-state index contributed by atoms with van der Waals surface area (Å²) in [6.07, 6.45) is 2.13. The molecule has 1 aromatic heterocycles. The van der Waals surface area contributed by atoms with Gasteiger partial charge in [-0.2, -0.15) is 0 Å². The molecule has 218 valence electrons. The van der Waals surface area contributed by atoms with Crippen molar-refractivity contribution in [1.82, 2.24) is 19.4 Å². The molecule has 3 N–H and O–H groups in total. The monoisotopic (exact) mass is 560 g/mol. The summed E-state index contributed by atoms with van der Waals surface area (Å²) in [5, 5.41) is 3.17. The molecular formula is C31H40N6O4. The van der Waals surface area contributed by atoms with Crippen LogP contribution in [0.1, 0.15) is 55.2 Å². The predicted molar refractivity (Wildman–Crippen MR) is 162 cm³/mol. The molecular weight excluding hydrogens is 520 g/mol. The van der Waals surface area contributed by atoms with Gasteiger partial charge in [0.2, 0.25) is 0 Å². The van der Waals surface area contributed by atoms with Gasteiger partial charge in [0.25, 0.3) is 11.5 Å². The number of ether oxygens (including phenoxy) is 1. The number of aromatic nitrogens is 2. The molecule has 0 bridgehead atoms. The number of unbranched alkanes of at least 4 members (excludes halogenated alkanes) is 1. The summed E-state index contributed by atoms with van der Waals surface area (Å²) in [4.78, 5) is 46.8. The van der Waals surface area contributed by atoms with Crippen LogP contribution in [-0.4, -0.2) is 64.1 Å². The number of piperazine rings is 1. The molecule has 0 radical (unpaired) electrons. The molecule has 3 aromatic rings. The van der Waals surface area contributed by atoms with Gasteiger partial charge in [-0.3, -0.25) is 9.59 Å². The highest BCUT2D eigenvalue weighted by Gasteiger charge is 2.26. The van der Waals surface area contributed by atoms with E-state index < -0.39 is 0 Å². The van der Waals surface area contributed by atoms with Gasteiger partial charge in [-0.1, -0.05) is 32.4 Å². The number of carbonyl (C=O) groups is 2. The highest BCUT2D eigenvalue weighted by atomic mass is 16.6. The van der Waals surface area contributed by atoms with E-state index in [1.165, 1.54) is 0 Å². The van der Waals surface area contributed by atoms with Crippen LogP contribution in [0.2, 0.25) is 0 Å². The molecule has 41 heavy (non-hydrogen) atoms. The fourth-order valence-electron chi connectivity index (χ4n) is 5.00. The lowest BCUT2D eigenvalue weighted by Crippen LogP contribution is -2.50. The second-order valence-corrected chi connectivity index (χ2v) is 10.1. The number of hydrogen-bond donors (Lipinski definition) is 2. The lowest BCUT2D eigenvalue weighted by molar-refractivity contribution is 0.0557. The number of nitrogen functional groups attached to an aromatic ring is 1. The predicted octanol–water partition coefficient (Wildman–Crippen LogP) is 4.82. The number of anilines is 3. The second kappa shape index (κ2) is 13.3. The molecule has 0 unspecified atom stereocenters. The van der Waals surface area contributed by atoms with E-state index in [-0.39, 0.29) is 23.4 Å². The quantitative estimate of drug-likeness (QED) is 0.284. The number of rotatable bonds is 9. The van der Waals surface area contributed by atoms with Gasteiger partial charge in [-0.15, -0.1) is 0 Å². The van der Waals surface area contributed by atoms with Gasteiger partial charge < -0.3 is 30.2 Å². The van der Waals surface area contributed by atoms with Gasteiger partial charge in [0.15, 0.2) is 5.82 Å². The Morgan fingerprint density at radius 3 is 2.32 bits per heavy atom. The topological polar surface area (TPSA) is 123 Å². The van der Waals surface area contributed by atoms with E-state index >= 15 is 0 Å². The van der Waals surface area contributed by atoms with E-state index in [9.17, 15) is 14.4 Å². The van der Waals surface area contributed by atoms with Crippen LogP contribution in [0.15, 0.2) is 47.3 Å². The first kappa shape index (κ1) is 29.6. The number of benzene rings is 2. The summed E-state index contributed by atoms with van der Waals surface area (Å²) in [6, 6.07) is 12.7. The fraction of sp³-hybridized carbons (Fsp3) is 0.419. The summed E-state index contributed by atoms with van der Waals surface area (Å²) in [6.45, 7) is 10.6. The smallest absolute Gasteiger partial charge is 0.409 e. The number of nitrogens with one attached hydrogen (secondary N) is 1. The Morgan fingerprint density at radius 1 is 1.00 bits per heavy atom. The van der Waals surface area contributed by atoms with E-state index in [2.05, 4.69) is 5.32 Å². The molecule has 10 heteroatoms. The third kappa shape index (κ3) is 6.53. The number of nitrogens with two attached hydrogens (primary N) is 1. The van der Waals surface area contributed by atoms with Crippen molar-refractivity contribution < 1.29 is 14.3 Å². The Kier molecular flexibility index (Phi) is 9.65. The van der Waals surface area contributed by atoms with E-state index in [4.69, 9.17) is 15.5 Å². The van der Waals surface area contributed by atoms with Crippen LogP contribution < -0.4 is 16.6 Å². The van der Waals surface area contributed by atoms with Crippen LogP contribution in [-0.2, 0) is 17.7 Å². The normalized spacial score (nSPS) is 13.3. The molecule has 0 aliphatic carbocycles. The van der Waals surface area contributed by atoms with E-state index in [1.54, 1.807) is 38.6 Å². The Balaban J connectivity index is 1.49. The summed E-state index contributed by atoms with van der Waals surface area (Å²) in [7, 11) is 0. The van der Waals surface area contributed by atoms with Gasteiger partial charge in [-0.25, -0.2) is 9.78 Å². The molecule has 1 saturated heterocycles. The zero-order chi connectivity index (χ0) is 29.5. The third-order valence-corrected chi connectivity index (χ3v) is 7.50. The Hall–Kier alpha value is -4.34. The summed E-state index contributed by atoms with van der Waals surface area (Å²) < 4.78 is 7.03. The molecule has 2 heterocycles. The summed E-state index contributed by atoms with van der Waals surface area (Å²) in [5.74, 6) is 0.107.